The van der Waals surface area contributed by atoms with Crippen LogP contribution in [-0.2, 0) is 20.6 Å². The molecular weight excluding hydrogens is 408 g/mol. The summed E-state index contributed by atoms with van der Waals surface area (Å²) in [7, 11) is -3.45. The van der Waals surface area contributed by atoms with E-state index in [1.165, 1.54) is 15.4 Å². The van der Waals surface area contributed by atoms with Crippen LogP contribution < -0.4 is 14.4 Å². The molecule has 0 spiro atoms. The molecule has 3 rings (SSSR count). The van der Waals surface area contributed by atoms with E-state index in [1.807, 2.05) is 0 Å². The molecule has 1 amide bonds. The van der Waals surface area contributed by atoms with Crippen molar-refractivity contribution in [1.82, 2.24) is 5.32 Å². The number of nitrogens with zero attached hydrogens (tertiary/aromatic N) is 1. The summed E-state index contributed by atoms with van der Waals surface area (Å²) in [6, 6.07) is 15.3. The van der Waals surface area contributed by atoms with Crippen LogP contribution in [0.5, 0.6) is 5.75 Å². The molecule has 1 unspecified atom stereocenters. The van der Waals surface area contributed by atoms with E-state index in [2.05, 4.69) is 36.5 Å². The summed E-state index contributed by atoms with van der Waals surface area (Å²) in [6.07, 6.45) is 0.740. The van der Waals surface area contributed by atoms with Gasteiger partial charge in [0, 0.05) is 31.0 Å². The van der Waals surface area contributed by atoms with Crippen molar-refractivity contribution in [2.24, 2.45) is 0 Å². The molecule has 6 nitrogen and oxygen atoms in total. The third-order valence-electron chi connectivity index (χ3n) is 4.63. The molecule has 0 aromatic heterocycles. The van der Waals surface area contributed by atoms with Crippen LogP contribution in [0.15, 0.2) is 48.5 Å². The summed E-state index contributed by atoms with van der Waals surface area (Å²) < 4.78 is 31.4. The van der Waals surface area contributed by atoms with Crippen molar-refractivity contribution < 1.29 is 17.9 Å². The Hall–Kier alpha value is -2.19. The molecule has 2 aromatic carbocycles. The monoisotopic (exact) mass is 434 g/mol. The second-order valence-electron chi connectivity index (χ2n) is 7.03. The summed E-state index contributed by atoms with van der Waals surface area (Å²) in [5.74, 6) is 1.88. The zero-order valence-electron chi connectivity index (χ0n) is 16.6. The van der Waals surface area contributed by atoms with Crippen molar-refractivity contribution >= 4 is 33.4 Å². The number of amides is 1. The van der Waals surface area contributed by atoms with E-state index < -0.39 is 16.1 Å². The predicted octanol–water partition coefficient (Wildman–Crippen LogP) is 2.96. The van der Waals surface area contributed by atoms with Crippen molar-refractivity contribution in [2.75, 3.05) is 29.4 Å². The average molecular weight is 435 g/mol. The molecule has 0 saturated heterocycles. The van der Waals surface area contributed by atoms with Gasteiger partial charge >= 0.3 is 0 Å². The zero-order valence-corrected chi connectivity index (χ0v) is 18.3. The Morgan fingerprint density at radius 1 is 1.21 bits per heavy atom. The molecule has 0 bridgehead atoms. The van der Waals surface area contributed by atoms with Crippen LogP contribution in [-0.4, -0.2) is 45.5 Å². The number of hydrogen-bond donors (Lipinski definition) is 1. The molecule has 1 heterocycles. The lowest BCUT2D eigenvalue weighted by atomic mass is 10.2. The fourth-order valence-electron chi connectivity index (χ4n) is 3.09. The minimum atomic E-state index is -3.45. The van der Waals surface area contributed by atoms with Gasteiger partial charge in [0.05, 0.1) is 11.9 Å². The highest BCUT2D eigenvalue weighted by molar-refractivity contribution is 7.98. The van der Waals surface area contributed by atoms with Crippen molar-refractivity contribution in [3.8, 4) is 5.75 Å². The number of aryl methyl sites for hydroxylation is 1. The Morgan fingerprint density at radius 3 is 2.66 bits per heavy atom. The first-order chi connectivity index (χ1) is 13.8. The lowest BCUT2D eigenvalue weighted by molar-refractivity contribution is -0.127. The van der Waals surface area contributed by atoms with Crippen molar-refractivity contribution in [3.63, 3.8) is 0 Å². The summed E-state index contributed by atoms with van der Waals surface area (Å²) in [4.78, 5) is 12.6. The van der Waals surface area contributed by atoms with Crippen LogP contribution in [0, 0.1) is 6.92 Å². The molecule has 8 heteroatoms. The molecule has 0 aliphatic carbocycles. The summed E-state index contributed by atoms with van der Waals surface area (Å²) in [5.41, 5.74) is 2.97. The Labute approximate surface area is 176 Å². The number of thioether (sulfide) groups is 1. The van der Waals surface area contributed by atoms with Crippen molar-refractivity contribution in [3.05, 3.63) is 59.7 Å². The number of carbonyl (C=O) groups excluding carboxylic acids is 1. The van der Waals surface area contributed by atoms with Gasteiger partial charge in [-0.2, -0.15) is 11.8 Å². The molecule has 0 fully saturated rings. The molecule has 1 aliphatic heterocycles. The Morgan fingerprint density at radius 2 is 1.93 bits per heavy atom. The van der Waals surface area contributed by atoms with E-state index in [1.54, 1.807) is 36.0 Å². The van der Waals surface area contributed by atoms with Crippen LogP contribution in [0.2, 0.25) is 0 Å². The second kappa shape index (κ2) is 9.54. The van der Waals surface area contributed by atoms with Crippen LogP contribution >= 0.6 is 11.8 Å². The number of benzene rings is 2. The number of anilines is 1. The number of nitrogens with one attached hydrogen (secondary N) is 1. The zero-order chi connectivity index (χ0) is 20.9. The molecule has 2 aromatic rings. The maximum atomic E-state index is 12.6. The van der Waals surface area contributed by atoms with Crippen molar-refractivity contribution in [1.29, 1.82) is 0 Å². The maximum Gasteiger partial charge on any atom is 0.261 e. The first-order valence-corrected chi connectivity index (χ1v) is 12.5. The van der Waals surface area contributed by atoms with Gasteiger partial charge in [0.1, 0.15) is 5.75 Å². The van der Waals surface area contributed by atoms with E-state index in [9.17, 15) is 13.2 Å². The number of carbonyl (C=O) groups is 1. The largest absolute Gasteiger partial charge is 0.478 e. The maximum absolute atomic E-state index is 12.6. The van der Waals surface area contributed by atoms with Gasteiger partial charge in [0.25, 0.3) is 5.91 Å². The van der Waals surface area contributed by atoms with E-state index in [0.29, 0.717) is 24.4 Å². The number of hydrogen-bond acceptors (Lipinski definition) is 5. The van der Waals surface area contributed by atoms with E-state index in [0.717, 1.165) is 17.8 Å². The SMILES string of the molecule is Cc1ccc(CSCCNC(=O)C2CCN(S(C)(=O)=O)c3ccccc3O2)cc1. The molecular formula is C21H26N2O4S2. The Kier molecular flexibility index (Phi) is 7.08. The average Bonchev–Trinajstić information content (AvgIpc) is 2.88. The Balaban J connectivity index is 1.52. The van der Waals surface area contributed by atoms with E-state index in [4.69, 9.17) is 4.74 Å². The van der Waals surface area contributed by atoms with Gasteiger partial charge in [-0.25, -0.2) is 8.42 Å². The number of ether oxygens (including phenoxy) is 1. The van der Waals surface area contributed by atoms with Gasteiger partial charge in [-0.15, -0.1) is 0 Å². The molecule has 29 heavy (non-hydrogen) atoms. The van der Waals surface area contributed by atoms with Gasteiger partial charge < -0.3 is 10.1 Å². The number of para-hydroxylation sites is 2. The summed E-state index contributed by atoms with van der Waals surface area (Å²) >= 11 is 1.75. The molecule has 1 aliphatic rings. The van der Waals surface area contributed by atoms with Crippen LogP contribution in [0.25, 0.3) is 0 Å². The summed E-state index contributed by atoms with van der Waals surface area (Å²) in [5, 5.41) is 2.91. The topological polar surface area (TPSA) is 75.7 Å². The quantitative estimate of drug-likeness (QED) is 0.678. The molecule has 156 valence electrons. The number of rotatable bonds is 7. The van der Waals surface area contributed by atoms with Crippen LogP contribution in [0.4, 0.5) is 5.69 Å². The fraction of sp³-hybridized carbons (Fsp3) is 0.381. The first kappa shape index (κ1) is 21.5. The van der Waals surface area contributed by atoms with Gasteiger partial charge in [-0.1, -0.05) is 42.0 Å². The lowest BCUT2D eigenvalue weighted by Crippen LogP contribution is -2.40. The highest BCUT2D eigenvalue weighted by atomic mass is 32.2. The van der Waals surface area contributed by atoms with Gasteiger partial charge in [0.15, 0.2) is 6.10 Å². The smallest absolute Gasteiger partial charge is 0.261 e. The van der Waals surface area contributed by atoms with Gasteiger partial charge in [0.2, 0.25) is 10.0 Å². The predicted molar refractivity (Wildman–Crippen MR) is 118 cm³/mol. The molecule has 0 saturated carbocycles. The van der Waals surface area contributed by atoms with Gasteiger partial charge in [-0.05, 0) is 24.6 Å². The van der Waals surface area contributed by atoms with Gasteiger partial charge in [-0.3, -0.25) is 9.10 Å². The highest BCUT2D eigenvalue weighted by Gasteiger charge is 2.30. The van der Waals surface area contributed by atoms with E-state index >= 15 is 0 Å². The summed E-state index contributed by atoms with van der Waals surface area (Å²) in [6.45, 7) is 2.80. The molecule has 0 radical (unpaired) electrons. The van der Waals surface area contributed by atoms with Crippen LogP contribution in [0.3, 0.4) is 0 Å². The second-order valence-corrected chi connectivity index (χ2v) is 10.0. The standard InChI is InChI=1S/C21H26N2O4S2/c1-16-7-9-17(10-8-16)15-28-14-12-22-21(24)20-11-13-23(29(2,25)26)18-5-3-4-6-19(18)27-20/h3-10,20H,11-15H2,1-2H3,(H,22,24). The highest BCUT2D eigenvalue weighted by Crippen LogP contribution is 2.33. The third-order valence-corrected chi connectivity index (χ3v) is 6.84. The lowest BCUT2D eigenvalue weighted by Gasteiger charge is -2.20. The fourth-order valence-corrected chi connectivity index (χ4v) is 4.86. The number of sulfonamides is 1. The minimum Gasteiger partial charge on any atom is -0.478 e. The molecule has 1 N–H and O–H groups in total. The minimum absolute atomic E-state index is 0.204. The first-order valence-electron chi connectivity index (χ1n) is 9.49. The number of fused-ring (bicyclic) bond motifs is 1. The van der Waals surface area contributed by atoms with Crippen molar-refractivity contribution in [2.45, 2.75) is 25.2 Å². The van der Waals surface area contributed by atoms with E-state index in [-0.39, 0.29) is 12.5 Å². The Bertz CT molecular complexity index is 945. The normalized spacial score (nSPS) is 16.5. The van der Waals surface area contributed by atoms with Crippen LogP contribution in [0.1, 0.15) is 17.5 Å². The molecule has 1 atom stereocenters. The third kappa shape index (κ3) is 5.90.